The summed E-state index contributed by atoms with van der Waals surface area (Å²) in [7, 11) is -4.18. The lowest BCUT2D eigenvalue weighted by molar-refractivity contribution is 0.0509. The molecule has 268 valence electrons. The second-order valence-corrected chi connectivity index (χ2v) is 17.2. The Labute approximate surface area is 301 Å². The van der Waals surface area contributed by atoms with E-state index in [-0.39, 0.29) is 52.3 Å². The number of benzene rings is 2. The first-order valence-electron chi connectivity index (χ1n) is 17.9. The minimum atomic E-state index is -4.18. The minimum absolute atomic E-state index is 0.0684. The van der Waals surface area contributed by atoms with Crippen LogP contribution in [0.5, 0.6) is 5.88 Å². The standard InChI is InChI=1S/C39H47N7O4S/c1-26-11-8-12-27(2)35(26)32-20-34-43-37(42-32)44-51(48,49)31-14-9-13-28(19-31)36(47)45(30(25-50-34)21-38(3,4)5)24-29-22-40-23-33(41-29)46-18-7-6-15-39(46)16-10-17-39/h8-9,11-14,19-20,22-23,30H,6-7,10,15-18,21,24-25H2,1-5H3,(H,42,43,44)/t30-/m1/s1. The van der Waals surface area contributed by atoms with Crippen LogP contribution in [0.15, 0.2) is 65.8 Å². The molecule has 4 heterocycles. The third-order valence-corrected chi connectivity index (χ3v) is 11.8. The zero-order valence-electron chi connectivity index (χ0n) is 30.1. The van der Waals surface area contributed by atoms with Gasteiger partial charge >= 0.3 is 0 Å². The summed E-state index contributed by atoms with van der Waals surface area (Å²) in [6.07, 6.45) is 11.2. The lowest BCUT2D eigenvalue weighted by atomic mass is 9.70. The largest absolute Gasteiger partial charge is 0.475 e. The van der Waals surface area contributed by atoms with Crippen LogP contribution in [-0.2, 0) is 16.6 Å². The molecule has 4 bridgehead atoms. The summed E-state index contributed by atoms with van der Waals surface area (Å²) in [4.78, 5) is 37.7. The Bertz CT molecular complexity index is 2040. The number of nitrogens with one attached hydrogen (secondary N) is 1. The zero-order valence-corrected chi connectivity index (χ0v) is 31.0. The predicted molar refractivity (Wildman–Crippen MR) is 197 cm³/mol. The number of anilines is 2. The quantitative estimate of drug-likeness (QED) is 0.231. The third kappa shape index (κ3) is 7.28. The van der Waals surface area contributed by atoms with Crippen molar-refractivity contribution in [3.05, 3.63) is 83.3 Å². The number of sulfonamides is 1. The molecular weight excluding hydrogens is 663 g/mol. The first-order chi connectivity index (χ1) is 24.3. The highest BCUT2D eigenvalue weighted by molar-refractivity contribution is 7.92. The van der Waals surface area contributed by atoms with Crippen LogP contribution in [0.1, 0.15) is 92.9 Å². The molecule has 12 heteroatoms. The molecule has 0 radical (unpaired) electrons. The molecule has 11 nitrogen and oxygen atoms in total. The maximum Gasteiger partial charge on any atom is 0.264 e. The monoisotopic (exact) mass is 709 g/mol. The van der Waals surface area contributed by atoms with E-state index >= 15 is 0 Å². The number of aryl methyl sites for hydroxylation is 2. The van der Waals surface area contributed by atoms with Gasteiger partial charge in [0.05, 0.1) is 41.3 Å². The molecule has 1 aliphatic carbocycles. The molecule has 2 fully saturated rings. The van der Waals surface area contributed by atoms with Crippen LogP contribution in [0.4, 0.5) is 11.8 Å². The van der Waals surface area contributed by atoms with Crippen molar-refractivity contribution in [1.82, 2.24) is 24.8 Å². The molecule has 51 heavy (non-hydrogen) atoms. The fourth-order valence-electron chi connectivity index (χ4n) is 7.88. The van der Waals surface area contributed by atoms with Crippen LogP contribution in [0, 0.1) is 19.3 Å². The maximum absolute atomic E-state index is 14.6. The van der Waals surface area contributed by atoms with Gasteiger partial charge in [-0.05, 0) is 93.5 Å². The third-order valence-electron chi connectivity index (χ3n) is 10.4. The molecule has 1 amide bonds. The van der Waals surface area contributed by atoms with Crippen LogP contribution in [0.2, 0.25) is 0 Å². The van der Waals surface area contributed by atoms with E-state index in [1.165, 1.54) is 44.2 Å². The van der Waals surface area contributed by atoms with Crippen molar-refractivity contribution in [2.24, 2.45) is 5.41 Å². The normalized spacial score (nSPS) is 19.9. The molecule has 1 atom stereocenters. The molecule has 1 saturated heterocycles. The highest BCUT2D eigenvalue weighted by atomic mass is 32.2. The molecule has 2 aliphatic heterocycles. The van der Waals surface area contributed by atoms with E-state index in [4.69, 9.17) is 9.72 Å². The van der Waals surface area contributed by atoms with Gasteiger partial charge in [-0.3, -0.25) is 9.78 Å². The van der Waals surface area contributed by atoms with E-state index in [9.17, 15) is 13.2 Å². The summed E-state index contributed by atoms with van der Waals surface area (Å²) in [6, 6.07) is 13.4. The van der Waals surface area contributed by atoms with Crippen LogP contribution in [0.25, 0.3) is 11.3 Å². The lowest BCUT2D eigenvalue weighted by Crippen LogP contribution is -2.57. The average molecular weight is 710 g/mol. The van der Waals surface area contributed by atoms with Gasteiger partial charge in [-0.1, -0.05) is 45.0 Å². The number of ether oxygens (including phenoxy) is 1. The predicted octanol–water partition coefficient (Wildman–Crippen LogP) is 7.10. The van der Waals surface area contributed by atoms with Gasteiger partial charge in [-0.25, -0.2) is 23.1 Å². The number of hydrogen-bond donors (Lipinski definition) is 1. The molecule has 4 aromatic rings. The van der Waals surface area contributed by atoms with Gasteiger partial charge in [0.2, 0.25) is 11.8 Å². The fraction of sp³-hybridized carbons (Fsp3) is 0.462. The summed E-state index contributed by atoms with van der Waals surface area (Å²) < 4.78 is 36.5. The second kappa shape index (κ2) is 13.5. The van der Waals surface area contributed by atoms with Gasteiger partial charge in [-0.2, -0.15) is 4.98 Å². The Morgan fingerprint density at radius 3 is 2.41 bits per heavy atom. The van der Waals surface area contributed by atoms with E-state index in [1.807, 2.05) is 38.2 Å². The Kier molecular flexibility index (Phi) is 9.24. The first kappa shape index (κ1) is 34.9. The van der Waals surface area contributed by atoms with E-state index in [0.29, 0.717) is 17.8 Å². The number of nitrogens with zero attached hydrogens (tertiary/aromatic N) is 6. The highest BCUT2D eigenvalue weighted by Crippen LogP contribution is 2.46. The van der Waals surface area contributed by atoms with E-state index in [1.54, 1.807) is 29.3 Å². The highest BCUT2D eigenvalue weighted by Gasteiger charge is 2.44. The number of aromatic nitrogens is 4. The summed E-state index contributed by atoms with van der Waals surface area (Å²) >= 11 is 0. The molecule has 7 rings (SSSR count). The summed E-state index contributed by atoms with van der Waals surface area (Å²) in [5, 5.41) is 0. The Morgan fingerprint density at radius 2 is 1.69 bits per heavy atom. The van der Waals surface area contributed by atoms with Gasteiger partial charge < -0.3 is 14.5 Å². The molecule has 1 saturated carbocycles. The molecule has 2 aromatic heterocycles. The topological polar surface area (TPSA) is 131 Å². The average Bonchev–Trinajstić information content (AvgIpc) is 3.07. The lowest BCUT2D eigenvalue weighted by Gasteiger charge is -2.53. The summed E-state index contributed by atoms with van der Waals surface area (Å²) in [5.74, 6) is 0.619. The fourth-order valence-corrected chi connectivity index (χ4v) is 8.87. The van der Waals surface area contributed by atoms with Crippen molar-refractivity contribution in [2.45, 2.75) is 103 Å². The molecule has 1 spiro atoms. The minimum Gasteiger partial charge on any atom is -0.475 e. The number of carbonyl (C=O) groups is 1. The SMILES string of the molecule is Cc1cccc(C)c1-c1cc2nc(n1)NS(=O)(=O)c1cccc(c1)C(=O)N(Cc1cncc(N3CCCCC34CCC4)n1)[C@H](CC(C)(C)C)CO2. The molecule has 2 aromatic carbocycles. The molecule has 1 N–H and O–H groups in total. The summed E-state index contributed by atoms with van der Waals surface area (Å²) in [5.41, 5.74) is 4.24. The Morgan fingerprint density at radius 1 is 0.941 bits per heavy atom. The first-order valence-corrected chi connectivity index (χ1v) is 19.4. The van der Waals surface area contributed by atoms with Crippen molar-refractivity contribution in [1.29, 1.82) is 0 Å². The van der Waals surface area contributed by atoms with Crippen molar-refractivity contribution in [2.75, 3.05) is 22.8 Å². The van der Waals surface area contributed by atoms with Crippen molar-refractivity contribution < 1.29 is 17.9 Å². The second-order valence-electron chi connectivity index (χ2n) is 15.5. The number of amides is 1. The Balaban J connectivity index is 1.32. The number of hydrogen-bond acceptors (Lipinski definition) is 9. The summed E-state index contributed by atoms with van der Waals surface area (Å²) in [6.45, 7) is 11.6. The number of rotatable bonds is 5. The van der Waals surface area contributed by atoms with E-state index in [2.05, 4.69) is 45.3 Å². The van der Waals surface area contributed by atoms with Gasteiger partial charge in [0.25, 0.3) is 15.9 Å². The molecule has 0 unspecified atom stereocenters. The van der Waals surface area contributed by atoms with Crippen LogP contribution in [-0.4, -0.2) is 63.9 Å². The molecule has 3 aliphatic rings. The maximum atomic E-state index is 14.6. The number of fused-ring (bicyclic) bond motifs is 4. The van der Waals surface area contributed by atoms with Crippen LogP contribution >= 0.6 is 0 Å². The van der Waals surface area contributed by atoms with Gasteiger partial charge in [0, 0.05) is 29.3 Å². The van der Waals surface area contributed by atoms with Crippen molar-refractivity contribution in [3.63, 3.8) is 0 Å². The van der Waals surface area contributed by atoms with Crippen molar-refractivity contribution >= 4 is 27.7 Å². The Hall–Kier alpha value is -4.58. The van der Waals surface area contributed by atoms with E-state index in [0.717, 1.165) is 35.5 Å². The number of piperidine rings is 1. The van der Waals surface area contributed by atoms with Gasteiger partial charge in [0.15, 0.2) is 0 Å². The van der Waals surface area contributed by atoms with Crippen LogP contribution in [0.3, 0.4) is 0 Å². The smallest absolute Gasteiger partial charge is 0.264 e. The zero-order chi connectivity index (χ0) is 36.0. The van der Waals surface area contributed by atoms with E-state index < -0.39 is 16.1 Å². The van der Waals surface area contributed by atoms with Crippen LogP contribution < -0.4 is 14.4 Å². The molecular formula is C39H47N7O4S. The van der Waals surface area contributed by atoms with Gasteiger partial charge in [0.1, 0.15) is 12.4 Å². The van der Waals surface area contributed by atoms with Crippen molar-refractivity contribution in [3.8, 4) is 17.1 Å². The van der Waals surface area contributed by atoms with Gasteiger partial charge in [-0.15, -0.1) is 0 Å². The number of carbonyl (C=O) groups excluding carboxylic acids is 1.